The molecule has 0 spiro atoms. The Hall–Kier alpha value is -1.93. The Labute approximate surface area is 117 Å². The van der Waals surface area contributed by atoms with Gasteiger partial charge in [0.2, 0.25) is 0 Å². The third-order valence-corrected chi connectivity index (χ3v) is 3.65. The molecule has 0 saturated heterocycles. The van der Waals surface area contributed by atoms with Gasteiger partial charge in [0.25, 0.3) is 10.1 Å². The third kappa shape index (κ3) is 3.22. The lowest BCUT2D eigenvalue weighted by atomic mass is 9.99. The van der Waals surface area contributed by atoms with Gasteiger partial charge in [-0.3, -0.25) is 4.55 Å². The standard InChI is InChI=1S/C13H8F4O3S/c14-8-5-6-12(21(18,19)20)10(7-8)9-3-1-2-4-11(9)13(15,16)17/h1-7H,(H,18,19,20). The van der Waals surface area contributed by atoms with E-state index in [9.17, 15) is 26.0 Å². The first-order chi connectivity index (χ1) is 9.60. The molecule has 8 heteroatoms. The lowest BCUT2D eigenvalue weighted by Crippen LogP contribution is -2.09. The second kappa shape index (κ2) is 5.12. The van der Waals surface area contributed by atoms with Crippen molar-refractivity contribution in [1.29, 1.82) is 0 Å². The Bertz CT molecular complexity index is 782. The molecule has 0 aliphatic heterocycles. The minimum absolute atomic E-state index is 0.530. The lowest BCUT2D eigenvalue weighted by molar-refractivity contribution is -0.137. The molecule has 0 heterocycles. The van der Waals surface area contributed by atoms with Gasteiger partial charge in [0.15, 0.2) is 0 Å². The molecule has 0 aliphatic rings. The molecular weight excluding hydrogens is 312 g/mol. The first kappa shape index (κ1) is 15.5. The van der Waals surface area contributed by atoms with Crippen molar-refractivity contribution in [1.82, 2.24) is 0 Å². The second-order valence-electron chi connectivity index (χ2n) is 4.16. The largest absolute Gasteiger partial charge is 0.417 e. The smallest absolute Gasteiger partial charge is 0.282 e. The summed E-state index contributed by atoms with van der Waals surface area (Å²) in [6.45, 7) is 0. The van der Waals surface area contributed by atoms with Gasteiger partial charge in [0, 0.05) is 5.56 Å². The molecule has 21 heavy (non-hydrogen) atoms. The first-order valence-corrected chi connectivity index (χ1v) is 6.98. The van der Waals surface area contributed by atoms with Gasteiger partial charge < -0.3 is 0 Å². The molecule has 0 radical (unpaired) electrons. The van der Waals surface area contributed by atoms with Crippen LogP contribution < -0.4 is 0 Å². The Morgan fingerprint density at radius 2 is 1.57 bits per heavy atom. The van der Waals surface area contributed by atoms with Gasteiger partial charge in [0.1, 0.15) is 10.7 Å². The zero-order valence-electron chi connectivity index (χ0n) is 10.2. The first-order valence-electron chi connectivity index (χ1n) is 5.54. The zero-order valence-corrected chi connectivity index (χ0v) is 11.0. The lowest BCUT2D eigenvalue weighted by Gasteiger charge is -2.14. The normalized spacial score (nSPS) is 12.4. The average molecular weight is 320 g/mol. The summed E-state index contributed by atoms with van der Waals surface area (Å²) >= 11 is 0. The number of hydrogen-bond donors (Lipinski definition) is 1. The molecule has 2 aromatic rings. The summed E-state index contributed by atoms with van der Waals surface area (Å²) in [5.41, 5.74) is -2.21. The van der Waals surface area contributed by atoms with Gasteiger partial charge in [0.05, 0.1) is 5.56 Å². The molecule has 0 unspecified atom stereocenters. The van der Waals surface area contributed by atoms with Crippen LogP contribution in [0.15, 0.2) is 47.4 Å². The fourth-order valence-electron chi connectivity index (χ4n) is 1.90. The van der Waals surface area contributed by atoms with E-state index in [0.717, 1.165) is 24.3 Å². The van der Waals surface area contributed by atoms with Crippen molar-refractivity contribution < 1.29 is 30.5 Å². The van der Waals surface area contributed by atoms with Crippen LogP contribution >= 0.6 is 0 Å². The van der Waals surface area contributed by atoms with E-state index in [-0.39, 0.29) is 0 Å². The molecule has 3 nitrogen and oxygen atoms in total. The SMILES string of the molecule is O=S(=O)(O)c1ccc(F)cc1-c1ccccc1C(F)(F)F. The Morgan fingerprint density at radius 3 is 2.14 bits per heavy atom. The quantitative estimate of drug-likeness (QED) is 0.677. The highest BCUT2D eigenvalue weighted by Gasteiger charge is 2.34. The molecular formula is C13H8F4O3S. The summed E-state index contributed by atoms with van der Waals surface area (Å²) in [5.74, 6) is -0.922. The van der Waals surface area contributed by atoms with E-state index < -0.39 is 43.7 Å². The minimum atomic E-state index is -4.79. The van der Waals surface area contributed by atoms with Crippen molar-refractivity contribution in [2.24, 2.45) is 0 Å². The predicted molar refractivity (Wildman–Crippen MR) is 66.7 cm³/mol. The highest BCUT2D eigenvalue weighted by molar-refractivity contribution is 7.86. The summed E-state index contributed by atoms with van der Waals surface area (Å²) in [4.78, 5) is -0.791. The number of benzene rings is 2. The van der Waals surface area contributed by atoms with Crippen LogP contribution in [0.1, 0.15) is 5.56 Å². The van der Waals surface area contributed by atoms with Crippen molar-refractivity contribution >= 4 is 10.1 Å². The Kier molecular flexibility index (Phi) is 3.77. The van der Waals surface area contributed by atoms with Crippen molar-refractivity contribution in [2.45, 2.75) is 11.1 Å². The Balaban J connectivity index is 2.83. The van der Waals surface area contributed by atoms with Crippen LogP contribution in [0.3, 0.4) is 0 Å². The van der Waals surface area contributed by atoms with E-state index in [1.54, 1.807) is 0 Å². The van der Waals surface area contributed by atoms with Crippen LogP contribution in [-0.4, -0.2) is 13.0 Å². The van der Waals surface area contributed by atoms with E-state index in [1.807, 2.05) is 0 Å². The maximum atomic E-state index is 13.3. The van der Waals surface area contributed by atoms with Gasteiger partial charge >= 0.3 is 6.18 Å². The number of rotatable bonds is 2. The number of alkyl halides is 3. The zero-order chi connectivity index (χ0) is 15.8. The molecule has 0 amide bonds. The molecule has 0 aromatic heterocycles. The number of halogens is 4. The maximum absolute atomic E-state index is 13.3. The van der Waals surface area contributed by atoms with Crippen molar-refractivity contribution in [3.63, 3.8) is 0 Å². The van der Waals surface area contributed by atoms with Crippen molar-refractivity contribution in [3.8, 4) is 11.1 Å². The van der Waals surface area contributed by atoms with Gasteiger partial charge in [-0.05, 0) is 29.8 Å². The molecule has 0 saturated carbocycles. The Morgan fingerprint density at radius 1 is 0.952 bits per heavy atom. The average Bonchev–Trinajstić information content (AvgIpc) is 2.36. The van der Waals surface area contributed by atoms with E-state index >= 15 is 0 Å². The summed E-state index contributed by atoms with van der Waals surface area (Å²) in [6, 6.07) is 6.21. The fourth-order valence-corrected chi connectivity index (χ4v) is 2.59. The summed E-state index contributed by atoms with van der Waals surface area (Å²) in [5, 5.41) is 0. The van der Waals surface area contributed by atoms with Crippen LogP contribution in [0.5, 0.6) is 0 Å². The molecule has 0 fully saturated rings. The van der Waals surface area contributed by atoms with Crippen LogP contribution in [0, 0.1) is 5.82 Å². The van der Waals surface area contributed by atoms with Gasteiger partial charge in [-0.1, -0.05) is 18.2 Å². The number of hydrogen-bond acceptors (Lipinski definition) is 2. The highest BCUT2D eigenvalue weighted by atomic mass is 32.2. The fraction of sp³-hybridized carbons (Fsp3) is 0.0769. The highest BCUT2D eigenvalue weighted by Crippen LogP contribution is 2.39. The third-order valence-electron chi connectivity index (χ3n) is 2.74. The van der Waals surface area contributed by atoms with E-state index in [4.69, 9.17) is 4.55 Å². The molecule has 1 N–H and O–H groups in total. The molecule has 2 aromatic carbocycles. The summed E-state index contributed by atoms with van der Waals surface area (Å²) < 4.78 is 83.7. The van der Waals surface area contributed by atoms with Crippen LogP contribution in [-0.2, 0) is 16.3 Å². The molecule has 0 atom stereocenters. The second-order valence-corrected chi connectivity index (χ2v) is 5.55. The molecule has 0 bridgehead atoms. The van der Waals surface area contributed by atoms with E-state index in [2.05, 4.69) is 0 Å². The molecule has 112 valence electrons. The topological polar surface area (TPSA) is 54.4 Å². The molecule has 0 aliphatic carbocycles. The van der Waals surface area contributed by atoms with Crippen molar-refractivity contribution in [2.75, 3.05) is 0 Å². The van der Waals surface area contributed by atoms with Crippen molar-refractivity contribution in [3.05, 3.63) is 53.8 Å². The van der Waals surface area contributed by atoms with Crippen LogP contribution in [0.4, 0.5) is 17.6 Å². The minimum Gasteiger partial charge on any atom is -0.282 e. The summed E-state index contributed by atoms with van der Waals surface area (Å²) in [7, 11) is -4.79. The predicted octanol–water partition coefficient (Wildman–Crippen LogP) is 3.76. The van der Waals surface area contributed by atoms with E-state index in [1.165, 1.54) is 6.07 Å². The van der Waals surface area contributed by atoms with Crippen LogP contribution in [0.2, 0.25) is 0 Å². The van der Waals surface area contributed by atoms with E-state index in [0.29, 0.717) is 12.1 Å². The van der Waals surface area contributed by atoms with Crippen LogP contribution in [0.25, 0.3) is 11.1 Å². The van der Waals surface area contributed by atoms with Gasteiger partial charge in [-0.15, -0.1) is 0 Å². The maximum Gasteiger partial charge on any atom is 0.417 e. The molecule has 2 rings (SSSR count). The van der Waals surface area contributed by atoms with Gasteiger partial charge in [-0.25, -0.2) is 4.39 Å². The van der Waals surface area contributed by atoms with Gasteiger partial charge in [-0.2, -0.15) is 21.6 Å². The summed E-state index contributed by atoms with van der Waals surface area (Å²) in [6.07, 6.45) is -4.75. The monoisotopic (exact) mass is 320 g/mol.